The summed E-state index contributed by atoms with van der Waals surface area (Å²) >= 11 is 0. The number of hydrogen-bond donors (Lipinski definition) is 4. The molecule has 0 fully saturated rings. The van der Waals surface area contributed by atoms with Gasteiger partial charge in [0.2, 0.25) is 0 Å². The van der Waals surface area contributed by atoms with Crippen LogP contribution in [0.25, 0.3) is 0 Å². The monoisotopic (exact) mass is 274 g/mol. The minimum atomic E-state index is -1.42. The van der Waals surface area contributed by atoms with E-state index < -0.39 is 30.4 Å². The highest BCUT2D eigenvalue weighted by Crippen LogP contribution is 2.09. The molecule has 7 heteroatoms. The summed E-state index contributed by atoms with van der Waals surface area (Å²) in [5.74, 6) is -2.20. The van der Waals surface area contributed by atoms with E-state index in [4.69, 9.17) is 10.2 Å². The maximum atomic E-state index is 11.5. The van der Waals surface area contributed by atoms with Gasteiger partial charge in [0.25, 0.3) is 0 Å². The molecule has 110 valence electrons. The fourth-order valence-electron chi connectivity index (χ4n) is 1.63. The van der Waals surface area contributed by atoms with Crippen molar-refractivity contribution < 1.29 is 24.6 Å². The molecule has 0 heterocycles. The standard InChI is InChI=1S/C12H22N2O5/c1-4-7(2)5-8(3)13-12(19)14-9(11(17)18)6-10(15)16/h7-9H,4-6H2,1-3H3,(H,15,16)(H,17,18)(H2,13,14,19)/t7?,8?,9-/m0/s1. The summed E-state index contributed by atoms with van der Waals surface area (Å²) in [5.41, 5.74) is 0. The molecular weight excluding hydrogens is 252 g/mol. The van der Waals surface area contributed by atoms with Gasteiger partial charge in [0.05, 0.1) is 6.42 Å². The highest BCUT2D eigenvalue weighted by molar-refractivity contribution is 5.86. The zero-order valence-corrected chi connectivity index (χ0v) is 11.5. The number of urea groups is 1. The molecule has 0 aliphatic carbocycles. The van der Waals surface area contributed by atoms with E-state index >= 15 is 0 Å². The summed E-state index contributed by atoms with van der Waals surface area (Å²) in [6.07, 6.45) is 1.12. The van der Waals surface area contributed by atoms with Gasteiger partial charge in [-0.25, -0.2) is 9.59 Å². The third-order valence-electron chi connectivity index (χ3n) is 2.81. The summed E-state index contributed by atoms with van der Waals surface area (Å²) < 4.78 is 0. The van der Waals surface area contributed by atoms with Gasteiger partial charge in [-0.2, -0.15) is 0 Å². The van der Waals surface area contributed by atoms with Crippen molar-refractivity contribution >= 4 is 18.0 Å². The highest BCUT2D eigenvalue weighted by atomic mass is 16.4. The smallest absolute Gasteiger partial charge is 0.326 e. The molecule has 0 aliphatic heterocycles. The van der Waals surface area contributed by atoms with Crippen LogP contribution in [0.15, 0.2) is 0 Å². The lowest BCUT2D eigenvalue weighted by molar-refractivity contribution is -0.145. The number of carbonyl (C=O) groups is 3. The molecule has 0 saturated heterocycles. The number of nitrogens with one attached hydrogen (secondary N) is 2. The van der Waals surface area contributed by atoms with Gasteiger partial charge in [-0.05, 0) is 19.3 Å². The molecule has 3 atom stereocenters. The van der Waals surface area contributed by atoms with Crippen molar-refractivity contribution in [1.82, 2.24) is 10.6 Å². The zero-order chi connectivity index (χ0) is 15.0. The molecule has 19 heavy (non-hydrogen) atoms. The molecule has 0 aromatic carbocycles. The van der Waals surface area contributed by atoms with Crippen molar-refractivity contribution in [1.29, 1.82) is 0 Å². The van der Waals surface area contributed by atoms with Gasteiger partial charge in [0.1, 0.15) is 6.04 Å². The van der Waals surface area contributed by atoms with Crippen molar-refractivity contribution in [2.75, 3.05) is 0 Å². The van der Waals surface area contributed by atoms with Gasteiger partial charge < -0.3 is 20.8 Å². The first kappa shape index (κ1) is 17.2. The molecule has 7 nitrogen and oxygen atoms in total. The van der Waals surface area contributed by atoms with Crippen LogP contribution in [0, 0.1) is 5.92 Å². The number of amides is 2. The SMILES string of the molecule is CCC(C)CC(C)NC(=O)N[C@@H](CC(=O)O)C(=O)O. The molecule has 2 amide bonds. The predicted molar refractivity (Wildman–Crippen MR) is 68.9 cm³/mol. The van der Waals surface area contributed by atoms with Crippen LogP contribution in [-0.4, -0.2) is 40.3 Å². The summed E-state index contributed by atoms with van der Waals surface area (Å²) in [5, 5.41) is 22.1. The number of hydrogen-bond acceptors (Lipinski definition) is 3. The van der Waals surface area contributed by atoms with E-state index in [1.165, 1.54) is 0 Å². The maximum absolute atomic E-state index is 11.5. The van der Waals surface area contributed by atoms with Gasteiger partial charge in [-0.15, -0.1) is 0 Å². The minimum absolute atomic E-state index is 0.103. The number of aliphatic carboxylic acids is 2. The molecular formula is C12H22N2O5. The van der Waals surface area contributed by atoms with Crippen LogP contribution in [0.5, 0.6) is 0 Å². The van der Waals surface area contributed by atoms with Crippen LogP contribution in [0.2, 0.25) is 0 Å². The lowest BCUT2D eigenvalue weighted by Crippen LogP contribution is -2.49. The van der Waals surface area contributed by atoms with Crippen molar-refractivity contribution in [3.8, 4) is 0 Å². The van der Waals surface area contributed by atoms with Crippen LogP contribution >= 0.6 is 0 Å². The summed E-state index contributed by atoms with van der Waals surface area (Å²) in [6, 6.07) is -2.19. The molecule has 0 rings (SSSR count). The normalized spacial score (nSPS) is 15.1. The Kier molecular flexibility index (Phi) is 7.55. The van der Waals surface area contributed by atoms with Gasteiger partial charge in [0, 0.05) is 6.04 Å². The van der Waals surface area contributed by atoms with E-state index in [9.17, 15) is 14.4 Å². The Bertz CT molecular complexity index is 332. The number of carbonyl (C=O) groups excluding carboxylic acids is 1. The topological polar surface area (TPSA) is 116 Å². The molecule has 0 aromatic rings. The molecule has 0 saturated carbocycles. The van der Waals surface area contributed by atoms with Crippen molar-refractivity contribution in [3.63, 3.8) is 0 Å². The van der Waals surface area contributed by atoms with Crippen LogP contribution in [0.3, 0.4) is 0 Å². The van der Waals surface area contributed by atoms with Crippen LogP contribution in [-0.2, 0) is 9.59 Å². The Morgan fingerprint density at radius 1 is 1.11 bits per heavy atom. The van der Waals surface area contributed by atoms with Gasteiger partial charge in [-0.3, -0.25) is 4.79 Å². The summed E-state index contributed by atoms with van der Waals surface area (Å²) in [4.78, 5) is 32.8. The lowest BCUT2D eigenvalue weighted by atomic mass is 10.0. The molecule has 0 radical (unpaired) electrons. The Hall–Kier alpha value is -1.79. The fraction of sp³-hybridized carbons (Fsp3) is 0.750. The van der Waals surface area contributed by atoms with E-state index in [1.54, 1.807) is 0 Å². The van der Waals surface area contributed by atoms with Crippen molar-refractivity contribution in [2.24, 2.45) is 5.92 Å². The zero-order valence-electron chi connectivity index (χ0n) is 11.5. The first-order chi connectivity index (χ1) is 8.76. The molecule has 0 bridgehead atoms. The largest absolute Gasteiger partial charge is 0.481 e. The quantitative estimate of drug-likeness (QED) is 0.527. The molecule has 2 unspecified atom stereocenters. The van der Waals surface area contributed by atoms with Gasteiger partial charge in [-0.1, -0.05) is 20.3 Å². The van der Waals surface area contributed by atoms with E-state index in [2.05, 4.69) is 17.6 Å². The van der Waals surface area contributed by atoms with Crippen LogP contribution < -0.4 is 10.6 Å². The van der Waals surface area contributed by atoms with E-state index in [0.29, 0.717) is 5.92 Å². The Morgan fingerprint density at radius 2 is 1.68 bits per heavy atom. The highest BCUT2D eigenvalue weighted by Gasteiger charge is 2.23. The molecule has 0 spiro atoms. The Labute approximate surface area is 112 Å². The second-order valence-corrected chi connectivity index (χ2v) is 4.76. The third-order valence-corrected chi connectivity index (χ3v) is 2.81. The minimum Gasteiger partial charge on any atom is -0.481 e. The number of rotatable bonds is 8. The molecule has 4 N–H and O–H groups in total. The lowest BCUT2D eigenvalue weighted by Gasteiger charge is -2.19. The first-order valence-electron chi connectivity index (χ1n) is 6.27. The Morgan fingerprint density at radius 3 is 2.11 bits per heavy atom. The predicted octanol–water partition coefficient (Wildman–Crippen LogP) is 1.04. The second kappa shape index (κ2) is 8.34. The Balaban J connectivity index is 4.26. The van der Waals surface area contributed by atoms with Gasteiger partial charge in [0.15, 0.2) is 0 Å². The molecule has 0 aliphatic rings. The van der Waals surface area contributed by atoms with Crippen molar-refractivity contribution in [3.05, 3.63) is 0 Å². The van der Waals surface area contributed by atoms with Gasteiger partial charge >= 0.3 is 18.0 Å². The second-order valence-electron chi connectivity index (χ2n) is 4.76. The number of carboxylic acid groups (broad SMARTS) is 2. The summed E-state index contributed by atoms with van der Waals surface area (Å²) in [7, 11) is 0. The summed E-state index contributed by atoms with van der Waals surface area (Å²) in [6.45, 7) is 5.92. The maximum Gasteiger partial charge on any atom is 0.326 e. The molecule has 0 aromatic heterocycles. The van der Waals surface area contributed by atoms with E-state index in [-0.39, 0.29) is 6.04 Å². The first-order valence-corrected chi connectivity index (χ1v) is 6.27. The average Bonchev–Trinajstić information content (AvgIpc) is 2.26. The van der Waals surface area contributed by atoms with E-state index in [1.807, 2.05) is 13.8 Å². The number of carboxylic acids is 2. The van der Waals surface area contributed by atoms with Crippen molar-refractivity contribution in [2.45, 2.75) is 52.1 Å². The van der Waals surface area contributed by atoms with Crippen LogP contribution in [0.4, 0.5) is 4.79 Å². The average molecular weight is 274 g/mol. The third kappa shape index (κ3) is 8.01. The fourth-order valence-corrected chi connectivity index (χ4v) is 1.63. The van der Waals surface area contributed by atoms with E-state index in [0.717, 1.165) is 12.8 Å². The van der Waals surface area contributed by atoms with Crippen LogP contribution in [0.1, 0.15) is 40.0 Å².